The monoisotopic (exact) mass is 376 g/mol. The molecule has 0 fully saturated rings. The summed E-state index contributed by atoms with van der Waals surface area (Å²) in [4.78, 5) is 25.3. The third kappa shape index (κ3) is 3.71. The SMILES string of the molecule is O=C(Nc1cccc(F)c1)c1ccccc1NC(=O)C1Cc2ccccc2O1. The van der Waals surface area contributed by atoms with Crippen molar-refractivity contribution >= 4 is 23.2 Å². The lowest BCUT2D eigenvalue weighted by Gasteiger charge is -2.14. The van der Waals surface area contributed by atoms with Gasteiger partial charge in [0.2, 0.25) is 0 Å². The minimum Gasteiger partial charge on any atom is -0.480 e. The molecule has 0 radical (unpaired) electrons. The Morgan fingerprint density at radius 3 is 2.54 bits per heavy atom. The zero-order valence-corrected chi connectivity index (χ0v) is 14.8. The van der Waals surface area contributed by atoms with Gasteiger partial charge in [0.1, 0.15) is 11.6 Å². The van der Waals surface area contributed by atoms with E-state index in [4.69, 9.17) is 4.74 Å². The van der Waals surface area contributed by atoms with E-state index < -0.39 is 17.8 Å². The van der Waals surface area contributed by atoms with Gasteiger partial charge >= 0.3 is 0 Å². The third-order valence-electron chi connectivity index (χ3n) is 4.45. The maximum absolute atomic E-state index is 13.3. The van der Waals surface area contributed by atoms with Gasteiger partial charge in [-0.15, -0.1) is 0 Å². The smallest absolute Gasteiger partial charge is 0.265 e. The van der Waals surface area contributed by atoms with Crippen molar-refractivity contribution in [3.8, 4) is 5.75 Å². The Kier molecular flexibility index (Phi) is 4.76. The van der Waals surface area contributed by atoms with Crippen molar-refractivity contribution in [2.24, 2.45) is 0 Å². The van der Waals surface area contributed by atoms with Gasteiger partial charge in [0.25, 0.3) is 11.8 Å². The van der Waals surface area contributed by atoms with Crippen molar-refractivity contribution in [2.75, 3.05) is 10.6 Å². The van der Waals surface area contributed by atoms with E-state index >= 15 is 0 Å². The van der Waals surface area contributed by atoms with E-state index in [2.05, 4.69) is 10.6 Å². The number of nitrogens with one attached hydrogen (secondary N) is 2. The summed E-state index contributed by atoms with van der Waals surface area (Å²) in [6.07, 6.45) is -0.184. The maximum Gasteiger partial charge on any atom is 0.265 e. The molecule has 140 valence electrons. The number of rotatable bonds is 4. The summed E-state index contributed by atoms with van der Waals surface area (Å²) in [6, 6.07) is 19.8. The molecule has 0 spiro atoms. The van der Waals surface area contributed by atoms with Crippen LogP contribution in [0.3, 0.4) is 0 Å². The van der Waals surface area contributed by atoms with E-state index in [-0.39, 0.29) is 11.5 Å². The van der Waals surface area contributed by atoms with Crippen LogP contribution in [0.5, 0.6) is 5.75 Å². The molecule has 0 saturated carbocycles. The number of amides is 2. The summed E-state index contributed by atoms with van der Waals surface area (Å²) in [7, 11) is 0. The average Bonchev–Trinajstić information content (AvgIpc) is 3.13. The summed E-state index contributed by atoms with van der Waals surface area (Å²) in [5.74, 6) is -0.531. The predicted octanol–water partition coefficient (Wildman–Crippen LogP) is 4.02. The number of ether oxygens (including phenoxy) is 1. The molecule has 2 amide bonds. The van der Waals surface area contributed by atoms with Crippen LogP contribution < -0.4 is 15.4 Å². The number of anilines is 2. The molecule has 0 aromatic heterocycles. The Morgan fingerprint density at radius 2 is 1.71 bits per heavy atom. The molecule has 3 aromatic rings. The normalized spacial score (nSPS) is 14.7. The number of fused-ring (bicyclic) bond motifs is 1. The molecular weight excluding hydrogens is 359 g/mol. The molecule has 1 aliphatic heterocycles. The highest BCUT2D eigenvalue weighted by Crippen LogP contribution is 2.29. The van der Waals surface area contributed by atoms with Gasteiger partial charge in [-0.1, -0.05) is 36.4 Å². The zero-order valence-electron chi connectivity index (χ0n) is 14.8. The number of carbonyl (C=O) groups excluding carboxylic acids is 2. The second-order valence-corrected chi connectivity index (χ2v) is 6.42. The number of hydrogen-bond acceptors (Lipinski definition) is 3. The highest BCUT2D eigenvalue weighted by molar-refractivity contribution is 6.10. The second-order valence-electron chi connectivity index (χ2n) is 6.42. The highest BCUT2D eigenvalue weighted by Gasteiger charge is 2.29. The number of hydrogen-bond donors (Lipinski definition) is 2. The summed E-state index contributed by atoms with van der Waals surface area (Å²) < 4.78 is 19.0. The van der Waals surface area contributed by atoms with Crippen LogP contribution in [0.4, 0.5) is 15.8 Å². The Balaban J connectivity index is 1.49. The van der Waals surface area contributed by atoms with Gasteiger partial charge < -0.3 is 15.4 Å². The van der Waals surface area contributed by atoms with Crippen LogP contribution in [0.2, 0.25) is 0 Å². The summed E-state index contributed by atoms with van der Waals surface area (Å²) >= 11 is 0. The molecule has 1 atom stereocenters. The van der Waals surface area contributed by atoms with E-state index in [1.807, 2.05) is 24.3 Å². The van der Waals surface area contributed by atoms with Crippen LogP contribution in [0, 0.1) is 5.82 Å². The van der Waals surface area contributed by atoms with Crippen molar-refractivity contribution in [2.45, 2.75) is 12.5 Å². The number of para-hydroxylation sites is 2. The van der Waals surface area contributed by atoms with Crippen LogP contribution in [0.1, 0.15) is 15.9 Å². The first kappa shape index (κ1) is 17.7. The molecule has 1 heterocycles. The number of benzene rings is 3. The van der Waals surface area contributed by atoms with Crippen molar-refractivity contribution in [1.29, 1.82) is 0 Å². The Labute approximate surface area is 161 Å². The van der Waals surface area contributed by atoms with Gasteiger partial charge in [-0.05, 0) is 42.0 Å². The van der Waals surface area contributed by atoms with Gasteiger partial charge in [0.15, 0.2) is 6.10 Å². The van der Waals surface area contributed by atoms with Crippen LogP contribution >= 0.6 is 0 Å². The molecule has 0 aliphatic carbocycles. The Hall–Kier alpha value is -3.67. The topological polar surface area (TPSA) is 67.4 Å². The van der Waals surface area contributed by atoms with E-state index in [0.717, 1.165) is 5.56 Å². The molecule has 28 heavy (non-hydrogen) atoms. The largest absolute Gasteiger partial charge is 0.480 e. The first-order valence-electron chi connectivity index (χ1n) is 8.81. The van der Waals surface area contributed by atoms with E-state index in [1.165, 1.54) is 18.2 Å². The lowest BCUT2D eigenvalue weighted by molar-refractivity contribution is -0.122. The van der Waals surface area contributed by atoms with E-state index in [9.17, 15) is 14.0 Å². The summed E-state index contributed by atoms with van der Waals surface area (Å²) in [5.41, 5.74) is 1.94. The summed E-state index contributed by atoms with van der Waals surface area (Å²) in [6.45, 7) is 0. The Bertz CT molecular complexity index is 1030. The van der Waals surface area contributed by atoms with E-state index in [1.54, 1.807) is 30.3 Å². The molecule has 3 aromatic carbocycles. The first-order valence-corrected chi connectivity index (χ1v) is 8.81. The number of halogens is 1. The van der Waals surface area contributed by atoms with Gasteiger partial charge in [-0.3, -0.25) is 9.59 Å². The Morgan fingerprint density at radius 1 is 0.929 bits per heavy atom. The predicted molar refractivity (Wildman–Crippen MR) is 104 cm³/mol. The molecular formula is C22H17FN2O3. The fourth-order valence-corrected chi connectivity index (χ4v) is 3.10. The second kappa shape index (κ2) is 7.52. The lowest BCUT2D eigenvalue weighted by Crippen LogP contribution is -2.32. The minimum atomic E-state index is -0.656. The number of carbonyl (C=O) groups is 2. The molecule has 0 saturated heterocycles. The van der Waals surface area contributed by atoms with Crippen LogP contribution in [-0.4, -0.2) is 17.9 Å². The van der Waals surface area contributed by atoms with Crippen molar-refractivity contribution < 1.29 is 18.7 Å². The van der Waals surface area contributed by atoms with Crippen LogP contribution in [0.25, 0.3) is 0 Å². The fourth-order valence-electron chi connectivity index (χ4n) is 3.10. The van der Waals surface area contributed by atoms with Gasteiger partial charge in [-0.2, -0.15) is 0 Å². The fraction of sp³-hybridized carbons (Fsp3) is 0.0909. The van der Waals surface area contributed by atoms with Crippen LogP contribution in [-0.2, 0) is 11.2 Å². The van der Waals surface area contributed by atoms with Crippen molar-refractivity contribution in [3.05, 3.63) is 89.7 Å². The first-order chi connectivity index (χ1) is 13.6. The quantitative estimate of drug-likeness (QED) is 0.723. The molecule has 0 bridgehead atoms. The molecule has 5 nitrogen and oxygen atoms in total. The molecule has 4 rings (SSSR count). The van der Waals surface area contributed by atoms with Crippen molar-refractivity contribution in [3.63, 3.8) is 0 Å². The molecule has 2 N–H and O–H groups in total. The van der Waals surface area contributed by atoms with Crippen LogP contribution in [0.15, 0.2) is 72.8 Å². The standard InChI is InChI=1S/C22H17FN2O3/c23-15-7-5-8-16(13-15)24-21(26)17-9-2-3-10-18(17)25-22(27)20-12-14-6-1-4-11-19(14)28-20/h1-11,13,20H,12H2,(H,24,26)(H,25,27). The summed E-state index contributed by atoms with van der Waals surface area (Å²) in [5, 5.41) is 5.40. The zero-order chi connectivity index (χ0) is 19.5. The lowest BCUT2D eigenvalue weighted by atomic mass is 10.1. The maximum atomic E-state index is 13.3. The molecule has 1 aliphatic rings. The minimum absolute atomic E-state index is 0.274. The average molecular weight is 376 g/mol. The highest BCUT2D eigenvalue weighted by atomic mass is 19.1. The molecule has 6 heteroatoms. The van der Waals surface area contributed by atoms with Gasteiger partial charge in [-0.25, -0.2) is 4.39 Å². The van der Waals surface area contributed by atoms with Gasteiger partial charge in [0.05, 0.1) is 11.3 Å². The van der Waals surface area contributed by atoms with E-state index in [0.29, 0.717) is 23.5 Å². The molecule has 1 unspecified atom stereocenters. The third-order valence-corrected chi connectivity index (χ3v) is 4.45. The van der Waals surface area contributed by atoms with Gasteiger partial charge in [0, 0.05) is 12.1 Å². The van der Waals surface area contributed by atoms with Crippen molar-refractivity contribution in [1.82, 2.24) is 0 Å².